The maximum atomic E-state index is 10.8. The summed E-state index contributed by atoms with van der Waals surface area (Å²) in [5, 5.41) is 25.7. The fourth-order valence-corrected chi connectivity index (χ4v) is 7.38. The predicted octanol–water partition coefficient (Wildman–Crippen LogP) is 11.0. The molecule has 0 bridgehead atoms. The van der Waals surface area contributed by atoms with Crippen LogP contribution in [0.5, 0.6) is 0 Å². The van der Waals surface area contributed by atoms with Crippen LogP contribution in [0.4, 0.5) is 0 Å². The molecule has 9 aromatic rings. The molecule has 2 heterocycles. The lowest BCUT2D eigenvalue weighted by Gasteiger charge is -2.17. The van der Waals surface area contributed by atoms with Crippen molar-refractivity contribution in [2.75, 3.05) is 0 Å². The van der Waals surface area contributed by atoms with Crippen molar-refractivity contribution in [3.05, 3.63) is 169 Å². The van der Waals surface area contributed by atoms with Gasteiger partial charge in [0.2, 0.25) is 0 Å². The quantitative estimate of drug-likeness (QED) is 0.199. The smallest absolute Gasteiger partial charge is 0.102 e. The van der Waals surface area contributed by atoms with Crippen LogP contribution in [0.1, 0.15) is 11.1 Å². The third-order valence-corrected chi connectivity index (χ3v) is 9.42. The second-order valence-electron chi connectivity index (χ2n) is 11.9. The van der Waals surface area contributed by atoms with Gasteiger partial charge >= 0.3 is 0 Å². The van der Waals surface area contributed by atoms with E-state index >= 15 is 0 Å². The number of fused-ring (bicyclic) bond motifs is 6. The number of aromatic nitrogens is 2. The molecule has 0 radical (unpaired) electrons. The Labute approximate surface area is 277 Å². The number of nitriles is 2. The summed E-state index contributed by atoms with van der Waals surface area (Å²) >= 11 is 0. The Morgan fingerprint density at radius 1 is 0.396 bits per heavy atom. The summed E-state index contributed by atoms with van der Waals surface area (Å²) in [4.78, 5) is 0. The van der Waals surface area contributed by atoms with Crippen molar-refractivity contribution in [2.45, 2.75) is 0 Å². The second-order valence-corrected chi connectivity index (χ2v) is 11.9. The first-order valence-corrected chi connectivity index (χ1v) is 15.9. The summed E-state index contributed by atoms with van der Waals surface area (Å²) in [6.07, 6.45) is 0. The third-order valence-electron chi connectivity index (χ3n) is 9.42. The van der Waals surface area contributed by atoms with Crippen molar-refractivity contribution in [1.29, 1.82) is 10.5 Å². The normalized spacial score (nSPS) is 11.3. The maximum absolute atomic E-state index is 10.8. The Balaban J connectivity index is 1.27. The minimum absolute atomic E-state index is 0.453. The molecule has 0 aliphatic rings. The van der Waals surface area contributed by atoms with Crippen molar-refractivity contribution >= 4 is 43.6 Å². The van der Waals surface area contributed by atoms with Gasteiger partial charge in [0.05, 0.1) is 44.6 Å². The van der Waals surface area contributed by atoms with Gasteiger partial charge in [-0.15, -0.1) is 0 Å². The maximum Gasteiger partial charge on any atom is 0.102 e. The Morgan fingerprint density at radius 2 is 0.875 bits per heavy atom. The van der Waals surface area contributed by atoms with E-state index in [1.165, 1.54) is 10.8 Å². The van der Waals surface area contributed by atoms with Gasteiger partial charge in [-0.3, -0.25) is 0 Å². The molecule has 0 saturated heterocycles. The van der Waals surface area contributed by atoms with E-state index in [2.05, 4.69) is 130 Å². The van der Waals surface area contributed by atoms with E-state index in [0.29, 0.717) is 16.8 Å². The van der Waals surface area contributed by atoms with Crippen LogP contribution in [0.3, 0.4) is 0 Å². The SMILES string of the molecule is N#Cc1ccc(-c2cccc(-c3ccccc3-n3c4ccccc4c4ccccc43)c2)c(C#N)c1-n1c2ccccc2c2ccccc21. The topological polar surface area (TPSA) is 57.4 Å². The van der Waals surface area contributed by atoms with Crippen molar-refractivity contribution in [2.24, 2.45) is 0 Å². The largest absolute Gasteiger partial charge is 0.309 e. The molecule has 0 unspecified atom stereocenters. The second kappa shape index (κ2) is 10.9. The minimum atomic E-state index is 0.453. The van der Waals surface area contributed by atoms with Crippen LogP contribution in [-0.2, 0) is 0 Å². The van der Waals surface area contributed by atoms with Crippen LogP contribution in [0.25, 0.3) is 77.2 Å². The molecule has 222 valence electrons. The lowest BCUT2D eigenvalue weighted by molar-refractivity contribution is 1.16. The predicted molar refractivity (Wildman–Crippen MR) is 195 cm³/mol. The van der Waals surface area contributed by atoms with Gasteiger partial charge in [0, 0.05) is 32.7 Å². The van der Waals surface area contributed by atoms with Crippen molar-refractivity contribution in [3.63, 3.8) is 0 Å². The first kappa shape index (κ1) is 27.4. The Morgan fingerprint density at radius 3 is 1.42 bits per heavy atom. The summed E-state index contributed by atoms with van der Waals surface area (Å²) in [5.41, 5.74) is 10.6. The Bertz CT molecular complexity index is 2710. The van der Waals surface area contributed by atoms with Crippen LogP contribution in [-0.4, -0.2) is 9.13 Å². The van der Waals surface area contributed by atoms with Crippen LogP contribution >= 0.6 is 0 Å². The van der Waals surface area contributed by atoms with Gasteiger partial charge < -0.3 is 9.13 Å². The molecule has 4 nitrogen and oxygen atoms in total. The molecule has 2 aromatic heterocycles. The molecular formula is C44H26N4. The van der Waals surface area contributed by atoms with Gasteiger partial charge in [-0.05, 0) is 53.6 Å². The molecule has 0 saturated carbocycles. The molecule has 9 rings (SSSR count). The molecule has 0 aliphatic heterocycles. The number of benzene rings is 7. The Hall–Kier alpha value is -6.88. The van der Waals surface area contributed by atoms with Crippen LogP contribution in [0.15, 0.2) is 158 Å². The highest BCUT2D eigenvalue weighted by molar-refractivity contribution is 6.11. The summed E-state index contributed by atoms with van der Waals surface area (Å²) < 4.78 is 4.42. The lowest BCUT2D eigenvalue weighted by atomic mass is 9.93. The highest BCUT2D eigenvalue weighted by Crippen LogP contribution is 2.40. The molecule has 0 fully saturated rings. The number of hydrogen-bond donors (Lipinski definition) is 0. The molecule has 0 aliphatic carbocycles. The summed E-state index contributed by atoms with van der Waals surface area (Å²) in [6, 6.07) is 58.9. The van der Waals surface area contributed by atoms with E-state index in [0.717, 1.165) is 60.8 Å². The highest BCUT2D eigenvalue weighted by Gasteiger charge is 2.22. The van der Waals surface area contributed by atoms with Crippen LogP contribution in [0, 0.1) is 22.7 Å². The zero-order valence-corrected chi connectivity index (χ0v) is 25.8. The van der Waals surface area contributed by atoms with E-state index in [4.69, 9.17) is 0 Å². The number of nitrogens with zero attached hydrogens (tertiary/aromatic N) is 4. The molecule has 0 atom stereocenters. The Kier molecular flexibility index (Phi) is 6.22. The van der Waals surface area contributed by atoms with Gasteiger partial charge in [0.15, 0.2) is 0 Å². The molecule has 7 aromatic carbocycles. The monoisotopic (exact) mass is 610 g/mol. The van der Waals surface area contributed by atoms with E-state index < -0.39 is 0 Å². The van der Waals surface area contributed by atoms with E-state index in [-0.39, 0.29) is 0 Å². The van der Waals surface area contributed by atoms with E-state index in [1.807, 2.05) is 48.5 Å². The molecule has 48 heavy (non-hydrogen) atoms. The summed E-state index contributed by atoms with van der Waals surface area (Å²) in [7, 11) is 0. The fraction of sp³-hybridized carbons (Fsp3) is 0. The van der Waals surface area contributed by atoms with Gasteiger partial charge in [-0.25, -0.2) is 0 Å². The molecule has 0 amide bonds. The summed E-state index contributed by atoms with van der Waals surface area (Å²) in [5.74, 6) is 0. The van der Waals surface area contributed by atoms with Crippen molar-refractivity contribution < 1.29 is 0 Å². The lowest BCUT2D eigenvalue weighted by Crippen LogP contribution is -2.03. The zero-order chi connectivity index (χ0) is 32.2. The molecule has 0 N–H and O–H groups in total. The number of rotatable bonds is 4. The molecule has 4 heteroatoms. The third kappa shape index (κ3) is 4.01. The minimum Gasteiger partial charge on any atom is -0.309 e. The zero-order valence-electron chi connectivity index (χ0n) is 25.8. The van der Waals surface area contributed by atoms with Crippen molar-refractivity contribution in [1.82, 2.24) is 9.13 Å². The van der Waals surface area contributed by atoms with E-state index in [1.54, 1.807) is 0 Å². The molecular weight excluding hydrogens is 585 g/mol. The number of hydrogen-bond acceptors (Lipinski definition) is 2. The van der Waals surface area contributed by atoms with Gasteiger partial charge in [0.25, 0.3) is 0 Å². The summed E-state index contributed by atoms with van der Waals surface area (Å²) in [6.45, 7) is 0. The number of para-hydroxylation sites is 5. The van der Waals surface area contributed by atoms with Gasteiger partial charge in [-0.1, -0.05) is 115 Å². The highest BCUT2D eigenvalue weighted by atomic mass is 15.0. The first-order valence-electron chi connectivity index (χ1n) is 15.9. The average molecular weight is 611 g/mol. The van der Waals surface area contributed by atoms with Gasteiger partial charge in [0.1, 0.15) is 12.1 Å². The van der Waals surface area contributed by atoms with E-state index in [9.17, 15) is 10.5 Å². The van der Waals surface area contributed by atoms with Crippen LogP contribution < -0.4 is 0 Å². The average Bonchev–Trinajstić information content (AvgIpc) is 3.67. The first-order chi connectivity index (χ1) is 23.8. The standard InChI is InChI=1S/C44H26N4/c45-27-31-24-25-32(38(28-46)44(31)48-42-22-9-4-17-36(42)37-18-5-10-23-43(37)48)29-12-11-13-30(26-29)33-14-1-6-19-39(33)47-40-20-7-2-15-34(40)35-16-3-8-21-41(35)47/h1-26H. The van der Waals surface area contributed by atoms with Gasteiger partial charge in [-0.2, -0.15) is 10.5 Å². The van der Waals surface area contributed by atoms with Crippen LogP contribution in [0.2, 0.25) is 0 Å². The molecule has 0 spiro atoms. The van der Waals surface area contributed by atoms with Crippen molar-refractivity contribution in [3.8, 4) is 45.8 Å². The fourth-order valence-electron chi connectivity index (χ4n) is 7.38.